The van der Waals surface area contributed by atoms with Gasteiger partial charge in [0.1, 0.15) is 18.4 Å². The van der Waals surface area contributed by atoms with Crippen LogP contribution in [-0.2, 0) is 25.6 Å². The van der Waals surface area contributed by atoms with Gasteiger partial charge < -0.3 is 14.2 Å². The molecule has 1 atom stereocenters. The Labute approximate surface area is 156 Å². The predicted octanol–water partition coefficient (Wildman–Crippen LogP) is 1.03. The number of benzene rings is 1. The third-order valence-corrected chi connectivity index (χ3v) is 5.33. The number of nitrogens with zero attached hydrogens (tertiary/aromatic N) is 3. The summed E-state index contributed by atoms with van der Waals surface area (Å²) in [4.78, 5) is 27.6. The maximum absolute atomic E-state index is 12.3. The van der Waals surface area contributed by atoms with E-state index >= 15 is 0 Å². The minimum absolute atomic E-state index is 0.0300. The van der Waals surface area contributed by atoms with E-state index in [1.165, 1.54) is 4.90 Å². The third-order valence-electron chi connectivity index (χ3n) is 4.76. The highest BCUT2D eigenvalue weighted by Gasteiger charge is 2.33. The quantitative estimate of drug-likeness (QED) is 0.720. The summed E-state index contributed by atoms with van der Waals surface area (Å²) >= 11 is 0. The van der Waals surface area contributed by atoms with Crippen molar-refractivity contribution in [2.24, 2.45) is 0 Å². The molecule has 2 aliphatic rings. The SMILES string of the molecule is CN1CCn2c(cc3cc(N4C[C@H](COS(C)(=O)=O)OC4=O)ccc32)C1=O. The number of cyclic esters (lactones) is 1. The van der Waals surface area contributed by atoms with E-state index in [1.54, 1.807) is 18.0 Å². The fraction of sp³-hybridized carbons (Fsp3) is 0.412. The molecule has 1 saturated heterocycles. The van der Waals surface area contributed by atoms with Gasteiger partial charge in [0.15, 0.2) is 0 Å². The zero-order valence-electron chi connectivity index (χ0n) is 14.9. The lowest BCUT2D eigenvalue weighted by atomic mass is 10.2. The largest absolute Gasteiger partial charge is 0.441 e. The number of ether oxygens (including phenoxy) is 1. The minimum Gasteiger partial charge on any atom is -0.441 e. The molecule has 2 amide bonds. The number of hydrogen-bond donors (Lipinski definition) is 0. The first-order valence-corrected chi connectivity index (χ1v) is 10.3. The number of amides is 2. The maximum Gasteiger partial charge on any atom is 0.414 e. The Hall–Kier alpha value is -2.59. The minimum atomic E-state index is -3.60. The van der Waals surface area contributed by atoms with Crippen LogP contribution in [0, 0.1) is 0 Å². The molecule has 3 heterocycles. The average Bonchev–Trinajstić information content (AvgIpc) is 3.16. The Morgan fingerprint density at radius 2 is 2.00 bits per heavy atom. The van der Waals surface area contributed by atoms with Crippen molar-refractivity contribution in [3.05, 3.63) is 30.0 Å². The second kappa shape index (κ2) is 6.24. The molecule has 0 N–H and O–H groups in total. The normalized spacial score (nSPS) is 20.3. The fourth-order valence-corrected chi connectivity index (χ4v) is 3.81. The van der Waals surface area contributed by atoms with E-state index in [1.807, 2.05) is 22.8 Å². The van der Waals surface area contributed by atoms with Crippen LogP contribution in [0.25, 0.3) is 10.9 Å². The van der Waals surface area contributed by atoms with E-state index in [2.05, 4.69) is 0 Å². The van der Waals surface area contributed by atoms with E-state index in [4.69, 9.17) is 8.92 Å². The van der Waals surface area contributed by atoms with Gasteiger partial charge in [-0.05, 0) is 24.3 Å². The molecule has 0 spiro atoms. The van der Waals surface area contributed by atoms with Crippen molar-refractivity contribution >= 4 is 38.7 Å². The molecule has 10 heteroatoms. The molecule has 1 aromatic carbocycles. The van der Waals surface area contributed by atoms with Crippen LogP contribution in [0.4, 0.5) is 10.5 Å². The van der Waals surface area contributed by atoms with Gasteiger partial charge in [-0.2, -0.15) is 8.42 Å². The summed E-state index contributed by atoms with van der Waals surface area (Å²) in [5.74, 6) is -0.0300. The lowest BCUT2D eigenvalue weighted by Gasteiger charge is -2.24. The fourth-order valence-electron chi connectivity index (χ4n) is 3.41. The van der Waals surface area contributed by atoms with Crippen molar-refractivity contribution in [3.8, 4) is 0 Å². The number of hydrogen-bond acceptors (Lipinski definition) is 6. The third kappa shape index (κ3) is 3.26. The van der Waals surface area contributed by atoms with E-state index in [0.29, 0.717) is 17.9 Å². The van der Waals surface area contributed by atoms with Gasteiger partial charge in [-0.3, -0.25) is 13.9 Å². The first-order valence-electron chi connectivity index (χ1n) is 8.44. The Morgan fingerprint density at radius 3 is 2.74 bits per heavy atom. The van der Waals surface area contributed by atoms with E-state index in [-0.39, 0.29) is 19.1 Å². The topological polar surface area (TPSA) is 98.2 Å². The van der Waals surface area contributed by atoms with Crippen molar-refractivity contribution in [3.63, 3.8) is 0 Å². The molecule has 27 heavy (non-hydrogen) atoms. The summed E-state index contributed by atoms with van der Waals surface area (Å²) in [6.07, 6.45) is -0.278. The van der Waals surface area contributed by atoms with Gasteiger partial charge in [-0.25, -0.2) is 4.79 Å². The van der Waals surface area contributed by atoms with Gasteiger partial charge in [0.25, 0.3) is 16.0 Å². The number of rotatable bonds is 4. The molecule has 2 aromatic rings. The summed E-state index contributed by atoms with van der Waals surface area (Å²) in [7, 11) is -1.83. The van der Waals surface area contributed by atoms with E-state index in [9.17, 15) is 18.0 Å². The van der Waals surface area contributed by atoms with Crippen molar-refractivity contribution in [1.82, 2.24) is 9.47 Å². The van der Waals surface area contributed by atoms with Gasteiger partial charge in [0.05, 0.1) is 12.8 Å². The molecule has 1 fully saturated rings. The standard InChI is InChI=1S/C17H19N3O6S/c1-18-5-6-19-14-4-3-12(7-11(14)8-15(19)16(18)21)20-9-13(26-17(20)22)10-25-27(2,23)24/h3-4,7-8,13H,5-6,9-10H2,1-2H3/t13-/m1/s1. The first kappa shape index (κ1) is 17.8. The molecule has 0 radical (unpaired) electrons. The number of fused-ring (bicyclic) bond motifs is 3. The Balaban J connectivity index is 1.59. The summed E-state index contributed by atoms with van der Waals surface area (Å²) in [5, 5.41) is 0.856. The highest BCUT2D eigenvalue weighted by Crippen LogP contribution is 2.30. The molecular weight excluding hydrogens is 374 g/mol. The molecule has 4 rings (SSSR count). The van der Waals surface area contributed by atoms with Gasteiger partial charge in [0.2, 0.25) is 0 Å². The predicted molar refractivity (Wildman–Crippen MR) is 97.3 cm³/mol. The second-order valence-corrected chi connectivity index (χ2v) is 8.40. The van der Waals surface area contributed by atoms with Crippen LogP contribution in [0.5, 0.6) is 0 Å². The van der Waals surface area contributed by atoms with Gasteiger partial charge >= 0.3 is 6.09 Å². The second-order valence-electron chi connectivity index (χ2n) is 6.76. The van der Waals surface area contributed by atoms with Crippen molar-refractivity contribution in [2.75, 3.05) is 37.9 Å². The van der Waals surface area contributed by atoms with Crippen molar-refractivity contribution in [1.29, 1.82) is 0 Å². The van der Waals surface area contributed by atoms with Gasteiger partial charge in [-0.1, -0.05) is 0 Å². The summed E-state index contributed by atoms with van der Waals surface area (Å²) in [6, 6.07) is 7.32. The zero-order chi connectivity index (χ0) is 19.3. The lowest BCUT2D eigenvalue weighted by molar-refractivity contribution is 0.0751. The van der Waals surface area contributed by atoms with Gasteiger partial charge in [-0.15, -0.1) is 0 Å². The van der Waals surface area contributed by atoms with Crippen LogP contribution >= 0.6 is 0 Å². The summed E-state index contributed by atoms with van der Waals surface area (Å²) in [6.45, 7) is 1.34. The molecule has 0 bridgehead atoms. The Morgan fingerprint density at radius 1 is 1.22 bits per heavy atom. The van der Waals surface area contributed by atoms with Crippen molar-refractivity contribution in [2.45, 2.75) is 12.6 Å². The average molecular weight is 393 g/mol. The smallest absolute Gasteiger partial charge is 0.414 e. The van der Waals surface area contributed by atoms with Crippen LogP contribution in [0.3, 0.4) is 0 Å². The Kier molecular flexibility index (Phi) is 4.11. The number of carbonyl (C=O) groups excluding carboxylic acids is 2. The molecule has 2 aliphatic heterocycles. The molecule has 0 aliphatic carbocycles. The molecule has 1 aromatic heterocycles. The summed E-state index contributed by atoms with van der Waals surface area (Å²) in [5.41, 5.74) is 2.18. The Bertz CT molecular complexity index is 1040. The van der Waals surface area contributed by atoms with Crippen molar-refractivity contribution < 1.29 is 26.9 Å². The zero-order valence-corrected chi connectivity index (χ0v) is 15.7. The van der Waals surface area contributed by atoms with Crippen LogP contribution in [0.2, 0.25) is 0 Å². The maximum atomic E-state index is 12.3. The van der Waals surface area contributed by atoms with Crippen LogP contribution < -0.4 is 4.90 Å². The number of anilines is 1. The first-order chi connectivity index (χ1) is 12.7. The highest BCUT2D eigenvalue weighted by atomic mass is 32.2. The monoisotopic (exact) mass is 393 g/mol. The number of aromatic nitrogens is 1. The molecule has 9 nitrogen and oxygen atoms in total. The van der Waals surface area contributed by atoms with E-state index < -0.39 is 22.3 Å². The highest BCUT2D eigenvalue weighted by molar-refractivity contribution is 7.85. The van der Waals surface area contributed by atoms with Crippen LogP contribution in [-0.4, -0.2) is 69.0 Å². The molecule has 0 saturated carbocycles. The van der Waals surface area contributed by atoms with Gasteiger partial charge in [0, 0.05) is 36.7 Å². The number of likely N-dealkylation sites (N-methyl/N-ethyl adjacent to an activating group) is 1. The number of carbonyl (C=O) groups is 2. The molecule has 0 unspecified atom stereocenters. The lowest BCUT2D eigenvalue weighted by Crippen LogP contribution is -2.36. The summed E-state index contributed by atoms with van der Waals surface area (Å²) < 4.78 is 34.1. The van der Waals surface area contributed by atoms with Crippen LogP contribution in [0.15, 0.2) is 24.3 Å². The van der Waals surface area contributed by atoms with E-state index in [0.717, 1.165) is 23.7 Å². The molecular formula is C17H19N3O6S. The van der Waals surface area contributed by atoms with Crippen LogP contribution in [0.1, 0.15) is 10.5 Å². The molecule has 144 valence electrons.